The zero-order valence-corrected chi connectivity index (χ0v) is 12.8. The van der Waals surface area contributed by atoms with E-state index in [1.54, 1.807) is 23.9 Å². The van der Waals surface area contributed by atoms with E-state index in [0.717, 1.165) is 11.3 Å². The lowest BCUT2D eigenvalue weighted by Gasteiger charge is -2.14. The zero-order chi connectivity index (χ0) is 14.5. The fraction of sp³-hybridized carbons (Fsp3) is 0.250. The largest absolute Gasteiger partial charge is 0.324 e. The summed E-state index contributed by atoms with van der Waals surface area (Å²) in [6.07, 6.45) is 0.395. The van der Waals surface area contributed by atoms with Crippen molar-refractivity contribution in [3.05, 3.63) is 64.4 Å². The SMILES string of the molecule is CCSc1ccc(C(N)Cc2c(F)cccc2Cl)cc1. The molecule has 4 heteroatoms. The Morgan fingerprint density at radius 1 is 1.20 bits per heavy atom. The van der Waals surface area contributed by atoms with E-state index in [-0.39, 0.29) is 11.9 Å². The summed E-state index contributed by atoms with van der Waals surface area (Å²) in [7, 11) is 0. The molecule has 0 saturated heterocycles. The molecule has 0 aliphatic heterocycles. The summed E-state index contributed by atoms with van der Waals surface area (Å²) in [5.41, 5.74) is 7.63. The van der Waals surface area contributed by atoms with Gasteiger partial charge in [0.2, 0.25) is 0 Å². The van der Waals surface area contributed by atoms with Gasteiger partial charge >= 0.3 is 0 Å². The number of rotatable bonds is 5. The second kappa shape index (κ2) is 7.11. The molecule has 1 unspecified atom stereocenters. The van der Waals surface area contributed by atoms with Gasteiger partial charge in [-0.15, -0.1) is 11.8 Å². The van der Waals surface area contributed by atoms with Crippen LogP contribution in [0.15, 0.2) is 47.4 Å². The minimum absolute atomic E-state index is 0.259. The van der Waals surface area contributed by atoms with Crippen LogP contribution < -0.4 is 5.73 Å². The van der Waals surface area contributed by atoms with Crippen molar-refractivity contribution < 1.29 is 4.39 Å². The normalized spacial score (nSPS) is 12.4. The highest BCUT2D eigenvalue weighted by atomic mass is 35.5. The molecule has 1 atom stereocenters. The topological polar surface area (TPSA) is 26.0 Å². The van der Waals surface area contributed by atoms with E-state index in [2.05, 4.69) is 6.92 Å². The maximum Gasteiger partial charge on any atom is 0.127 e. The van der Waals surface area contributed by atoms with E-state index in [1.165, 1.54) is 11.0 Å². The van der Waals surface area contributed by atoms with Gasteiger partial charge in [-0.1, -0.05) is 36.7 Å². The van der Waals surface area contributed by atoms with Crippen molar-refractivity contribution in [1.29, 1.82) is 0 Å². The molecule has 2 N–H and O–H groups in total. The highest BCUT2D eigenvalue weighted by Crippen LogP contribution is 2.26. The summed E-state index contributed by atoms with van der Waals surface area (Å²) in [6, 6.07) is 12.5. The highest BCUT2D eigenvalue weighted by molar-refractivity contribution is 7.99. The molecular weight excluding hydrogens is 293 g/mol. The lowest BCUT2D eigenvalue weighted by Crippen LogP contribution is -2.14. The van der Waals surface area contributed by atoms with Gasteiger partial charge in [-0.25, -0.2) is 4.39 Å². The molecule has 0 aromatic heterocycles. The van der Waals surface area contributed by atoms with Crippen molar-refractivity contribution in [3.8, 4) is 0 Å². The Morgan fingerprint density at radius 3 is 2.50 bits per heavy atom. The van der Waals surface area contributed by atoms with Crippen LogP contribution in [0.1, 0.15) is 24.1 Å². The molecule has 0 aliphatic carbocycles. The number of hydrogen-bond donors (Lipinski definition) is 1. The second-order valence-corrected chi connectivity index (χ2v) is 6.26. The van der Waals surface area contributed by atoms with Crippen LogP contribution in [-0.4, -0.2) is 5.75 Å². The van der Waals surface area contributed by atoms with Crippen molar-refractivity contribution in [2.75, 3.05) is 5.75 Å². The Balaban J connectivity index is 2.13. The first-order valence-corrected chi connectivity index (χ1v) is 7.89. The smallest absolute Gasteiger partial charge is 0.127 e. The second-order valence-electron chi connectivity index (χ2n) is 4.51. The van der Waals surface area contributed by atoms with Gasteiger partial charge in [-0.3, -0.25) is 0 Å². The van der Waals surface area contributed by atoms with Crippen molar-refractivity contribution >= 4 is 23.4 Å². The number of nitrogens with two attached hydrogens (primary N) is 1. The summed E-state index contributed by atoms with van der Waals surface area (Å²) < 4.78 is 13.7. The van der Waals surface area contributed by atoms with Crippen molar-refractivity contribution in [1.82, 2.24) is 0 Å². The Labute approximate surface area is 128 Å². The van der Waals surface area contributed by atoms with E-state index in [0.29, 0.717) is 17.0 Å². The molecule has 0 heterocycles. The standard InChI is InChI=1S/C16H17ClFNS/c1-2-20-12-8-6-11(7-9-12)16(19)10-13-14(17)4-3-5-15(13)18/h3-9,16H,2,10,19H2,1H3. The van der Waals surface area contributed by atoms with Gasteiger partial charge in [0.05, 0.1) is 0 Å². The van der Waals surface area contributed by atoms with Crippen LogP contribution in [0.2, 0.25) is 5.02 Å². The summed E-state index contributed by atoms with van der Waals surface area (Å²) in [5.74, 6) is 0.738. The fourth-order valence-electron chi connectivity index (χ4n) is 2.04. The van der Waals surface area contributed by atoms with Crippen LogP contribution in [0.5, 0.6) is 0 Å². The summed E-state index contributed by atoms with van der Waals surface area (Å²) in [4.78, 5) is 1.22. The first kappa shape index (κ1) is 15.4. The first-order valence-electron chi connectivity index (χ1n) is 6.53. The van der Waals surface area contributed by atoms with Gasteiger partial charge in [0.1, 0.15) is 5.82 Å². The van der Waals surface area contributed by atoms with E-state index < -0.39 is 0 Å². The zero-order valence-electron chi connectivity index (χ0n) is 11.3. The summed E-state index contributed by atoms with van der Waals surface area (Å²) in [5, 5.41) is 0.429. The van der Waals surface area contributed by atoms with Crippen molar-refractivity contribution in [2.24, 2.45) is 5.73 Å². The average molecular weight is 310 g/mol. The maximum atomic E-state index is 13.7. The Morgan fingerprint density at radius 2 is 1.90 bits per heavy atom. The Kier molecular flexibility index (Phi) is 5.46. The van der Waals surface area contributed by atoms with Gasteiger partial charge in [-0.05, 0) is 42.0 Å². The highest BCUT2D eigenvalue weighted by Gasteiger charge is 2.13. The summed E-state index contributed by atoms with van der Waals surface area (Å²) >= 11 is 7.81. The molecule has 0 spiro atoms. The molecule has 2 aromatic rings. The van der Waals surface area contributed by atoms with Gasteiger partial charge in [0.15, 0.2) is 0 Å². The van der Waals surface area contributed by atoms with Crippen LogP contribution in [0.4, 0.5) is 4.39 Å². The molecule has 0 bridgehead atoms. The minimum Gasteiger partial charge on any atom is -0.324 e. The molecule has 20 heavy (non-hydrogen) atoms. The molecule has 0 saturated carbocycles. The third-order valence-corrected chi connectivity index (χ3v) is 4.35. The third-order valence-electron chi connectivity index (χ3n) is 3.10. The number of thioether (sulfide) groups is 1. The van der Waals surface area contributed by atoms with Gasteiger partial charge < -0.3 is 5.73 Å². The predicted molar refractivity (Wildman–Crippen MR) is 84.9 cm³/mol. The molecule has 0 fully saturated rings. The monoisotopic (exact) mass is 309 g/mol. The number of benzene rings is 2. The fourth-order valence-corrected chi connectivity index (χ4v) is 2.95. The van der Waals surface area contributed by atoms with Crippen LogP contribution in [0.25, 0.3) is 0 Å². The number of halogens is 2. The van der Waals surface area contributed by atoms with Crippen molar-refractivity contribution in [3.63, 3.8) is 0 Å². The van der Waals surface area contributed by atoms with Crippen LogP contribution in [0, 0.1) is 5.82 Å². The molecule has 106 valence electrons. The third kappa shape index (κ3) is 3.75. The molecule has 0 aliphatic rings. The minimum atomic E-state index is -0.300. The lowest BCUT2D eigenvalue weighted by atomic mass is 9.99. The Hall–Kier alpha value is -1.03. The maximum absolute atomic E-state index is 13.7. The summed E-state index contributed by atoms with van der Waals surface area (Å²) in [6.45, 7) is 2.12. The average Bonchev–Trinajstić information content (AvgIpc) is 2.44. The van der Waals surface area contributed by atoms with E-state index in [1.807, 2.05) is 24.3 Å². The molecule has 1 nitrogen and oxygen atoms in total. The van der Waals surface area contributed by atoms with E-state index in [9.17, 15) is 4.39 Å². The van der Waals surface area contributed by atoms with Gasteiger partial charge in [0.25, 0.3) is 0 Å². The van der Waals surface area contributed by atoms with Crippen LogP contribution >= 0.6 is 23.4 Å². The Bertz CT molecular complexity index is 551. The van der Waals surface area contributed by atoms with Crippen LogP contribution in [-0.2, 0) is 6.42 Å². The van der Waals surface area contributed by atoms with Crippen LogP contribution in [0.3, 0.4) is 0 Å². The number of hydrogen-bond acceptors (Lipinski definition) is 2. The quantitative estimate of drug-likeness (QED) is 0.800. The first-order chi connectivity index (χ1) is 9.61. The van der Waals surface area contributed by atoms with E-state index in [4.69, 9.17) is 17.3 Å². The molecule has 0 radical (unpaired) electrons. The van der Waals surface area contributed by atoms with E-state index >= 15 is 0 Å². The van der Waals surface area contributed by atoms with Crippen molar-refractivity contribution in [2.45, 2.75) is 24.3 Å². The molecule has 0 amide bonds. The molecular formula is C16H17ClFNS. The van der Waals surface area contributed by atoms with Gasteiger partial charge in [0, 0.05) is 21.5 Å². The predicted octanol–water partition coefficient (Wildman–Crippen LogP) is 4.83. The molecule has 2 rings (SSSR count). The molecule has 2 aromatic carbocycles. The van der Waals surface area contributed by atoms with Gasteiger partial charge in [-0.2, -0.15) is 0 Å². The lowest BCUT2D eigenvalue weighted by molar-refractivity contribution is 0.593.